The van der Waals surface area contributed by atoms with E-state index in [1.54, 1.807) is 6.07 Å². The molecule has 76 valence electrons. The molecule has 1 aromatic heterocycles. The summed E-state index contributed by atoms with van der Waals surface area (Å²) in [5, 5.41) is 17.6. The Morgan fingerprint density at radius 3 is 2.93 bits per heavy atom. The fourth-order valence-electron chi connectivity index (χ4n) is 1.64. The molecule has 2 heterocycles. The first kappa shape index (κ1) is 9.68. The molecule has 1 aromatic rings. The van der Waals surface area contributed by atoms with E-state index in [-0.39, 0.29) is 6.10 Å². The Balaban J connectivity index is 2.10. The van der Waals surface area contributed by atoms with Crippen LogP contribution in [0.2, 0.25) is 5.15 Å². The van der Waals surface area contributed by atoms with Crippen molar-refractivity contribution in [3.8, 4) is 0 Å². The highest BCUT2D eigenvalue weighted by Gasteiger charge is 2.18. The quantitative estimate of drug-likeness (QED) is 0.759. The van der Waals surface area contributed by atoms with Crippen LogP contribution in [0, 0.1) is 0 Å². The number of piperidine rings is 1. The van der Waals surface area contributed by atoms with Gasteiger partial charge in [0.15, 0.2) is 11.0 Å². The van der Waals surface area contributed by atoms with Crippen molar-refractivity contribution in [2.45, 2.75) is 18.9 Å². The summed E-state index contributed by atoms with van der Waals surface area (Å²) in [6, 6.07) is 3.54. The lowest BCUT2D eigenvalue weighted by Gasteiger charge is -2.30. The molecule has 1 aliphatic rings. The van der Waals surface area contributed by atoms with Crippen molar-refractivity contribution in [2.75, 3.05) is 18.0 Å². The van der Waals surface area contributed by atoms with Crippen molar-refractivity contribution in [3.63, 3.8) is 0 Å². The Morgan fingerprint density at radius 1 is 1.43 bits per heavy atom. The monoisotopic (exact) mass is 213 g/mol. The van der Waals surface area contributed by atoms with Gasteiger partial charge in [-0.05, 0) is 25.0 Å². The van der Waals surface area contributed by atoms with E-state index in [1.165, 1.54) is 0 Å². The Labute approximate surface area is 87.5 Å². The molecule has 0 saturated carbocycles. The maximum Gasteiger partial charge on any atom is 0.151 e. The Morgan fingerprint density at radius 2 is 2.29 bits per heavy atom. The molecule has 0 spiro atoms. The van der Waals surface area contributed by atoms with E-state index in [1.807, 2.05) is 11.0 Å². The standard InChI is InChI=1S/C9H12ClN3O/c10-8-3-4-9(12-11-8)13-5-1-2-7(14)6-13/h3-4,7,14H,1-2,5-6H2/t7-/m1/s1. The number of aliphatic hydroxyl groups is 1. The van der Waals surface area contributed by atoms with Crippen LogP contribution in [0.4, 0.5) is 5.82 Å². The molecule has 14 heavy (non-hydrogen) atoms. The van der Waals surface area contributed by atoms with Crippen LogP contribution in [-0.4, -0.2) is 34.5 Å². The largest absolute Gasteiger partial charge is 0.391 e. The minimum atomic E-state index is -0.249. The number of aliphatic hydroxyl groups excluding tert-OH is 1. The summed E-state index contributed by atoms with van der Waals surface area (Å²) in [4.78, 5) is 2.03. The molecule has 0 unspecified atom stereocenters. The predicted octanol–water partition coefficient (Wildman–Crippen LogP) is 1.09. The highest BCUT2D eigenvalue weighted by Crippen LogP contribution is 2.17. The fourth-order valence-corrected chi connectivity index (χ4v) is 1.74. The van der Waals surface area contributed by atoms with E-state index in [0.29, 0.717) is 11.7 Å². The number of aromatic nitrogens is 2. The summed E-state index contributed by atoms with van der Waals surface area (Å²) in [6.07, 6.45) is 1.62. The smallest absolute Gasteiger partial charge is 0.151 e. The zero-order valence-electron chi connectivity index (χ0n) is 7.73. The van der Waals surface area contributed by atoms with Gasteiger partial charge >= 0.3 is 0 Å². The van der Waals surface area contributed by atoms with Crippen LogP contribution >= 0.6 is 11.6 Å². The van der Waals surface area contributed by atoms with Crippen LogP contribution < -0.4 is 4.90 Å². The summed E-state index contributed by atoms with van der Waals surface area (Å²) in [7, 11) is 0. The van der Waals surface area contributed by atoms with Gasteiger partial charge in [-0.25, -0.2) is 0 Å². The molecule has 1 atom stereocenters. The lowest BCUT2D eigenvalue weighted by Crippen LogP contribution is -2.38. The van der Waals surface area contributed by atoms with Crippen LogP contribution in [0.5, 0.6) is 0 Å². The van der Waals surface area contributed by atoms with Gasteiger partial charge in [-0.2, -0.15) is 0 Å². The predicted molar refractivity (Wildman–Crippen MR) is 54.5 cm³/mol. The number of hydrogen-bond donors (Lipinski definition) is 1. The third-order valence-electron chi connectivity index (χ3n) is 2.34. The molecule has 1 aliphatic heterocycles. The average Bonchev–Trinajstić information content (AvgIpc) is 2.19. The molecule has 5 heteroatoms. The van der Waals surface area contributed by atoms with E-state index in [4.69, 9.17) is 11.6 Å². The SMILES string of the molecule is O[C@@H]1CCCN(c2ccc(Cl)nn2)C1. The summed E-state index contributed by atoms with van der Waals surface area (Å²) in [5.74, 6) is 0.785. The van der Waals surface area contributed by atoms with Crippen molar-refractivity contribution < 1.29 is 5.11 Å². The number of nitrogens with zero attached hydrogens (tertiary/aromatic N) is 3. The Kier molecular flexibility index (Phi) is 2.84. The van der Waals surface area contributed by atoms with Crippen molar-refractivity contribution >= 4 is 17.4 Å². The molecular formula is C9H12ClN3O. The molecule has 0 amide bonds. The van der Waals surface area contributed by atoms with Crippen molar-refractivity contribution in [3.05, 3.63) is 17.3 Å². The second-order valence-electron chi connectivity index (χ2n) is 3.46. The van der Waals surface area contributed by atoms with Gasteiger partial charge in [0.1, 0.15) is 0 Å². The van der Waals surface area contributed by atoms with Crippen molar-refractivity contribution in [1.29, 1.82) is 0 Å². The highest BCUT2D eigenvalue weighted by molar-refractivity contribution is 6.29. The lowest BCUT2D eigenvalue weighted by atomic mass is 10.1. The maximum absolute atomic E-state index is 9.48. The maximum atomic E-state index is 9.48. The minimum absolute atomic E-state index is 0.249. The van der Waals surface area contributed by atoms with Crippen molar-refractivity contribution in [1.82, 2.24) is 10.2 Å². The van der Waals surface area contributed by atoms with E-state index in [9.17, 15) is 5.11 Å². The van der Waals surface area contributed by atoms with E-state index in [0.717, 1.165) is 25.2 Å². The van der Waals surface area contributed by atoms with Gasteiger partial charge in [-0.3, -0.25) is 0 Å². The number of rotatable bonds is 1. The van der Waals surface area contributed by atoms with Gasteiger partial charge in [0.05, 0.1) is 6.10 Å². The van der Waals surface area contributed by atoms with E-state index < -0.39 is 0 Å². The fraction of sp³-hybridized carbons (Fsp3) is 0.556. The summed E-state index contributed by atoms with van der Waals surface area (Å²) in [5.41, 5.74) is 0. The molecule has 0 radical (unpaired) electrons. The number of anilines is 1. The molecule has 1 saturated heterocycles. The van der Waals surface area contributed by atoms with Crippen LogP contribution in [0.3, 0.4) is 0 Å². The van der Waals surface area contributed by atoms with Gasteiger partial charge < -0.3 is 10.0 Å². The van der Waals surface area contributed by atoms with Gasteiger partial charge in [-0.1, -0.05) is 11.6 Å². The molecular weight excluding hydrogens is 202 g/mol. The van der Waals surface area contributed by atoms with E-state index in [2.05, 4.69) is 10.2 Å². The van der Waals surface area contributed by atoms with Crippen LogP contribution in [0.1, 0.15) is 12.8 Å². The first-order valence-electron chi connectivity index (χ1n) is 4.68. The zero-order chi connectivity index (χ0) is 9.97. The molecule has 0 aromatic carbocycles. The molecule has 0 aliphatic carbocycles. The van der Waals surface area contributed by atoms with Crippen molar-refractivity contribution in [2.24, 2.45) is 0 Å². The normalized spacial score (nSPS) is 22.4. The first-order valence-corrected chi connectivity index (χ1v) is 5.06. The lowest BCUT2D eigenvalue weighted by molar-refractivity contribution is 0.154. The highest BCUT2D eigenvalue weighted by atomic mass is 35.5. The summed E-state index contributed by atoms with van der Waals surface area (Å²) < 4.78 is 0. The second-order valence-corrected chi connectivity index (χ2v) is 3.84. The number of halogens is 1. The van der Waals surface area contributed by atoms with Crippen LogP contribution in [-0.2, 0) is 0 Å². The Bertz CT molecular complexity index is 303. The van der Waals surface area contributed by atoms with E-state index >= 15 is 0 Å². The average molecular weight is 214 g/mol. The van der Waals surface area contributed by atoms with Crippen LogP contribution in [0.15, 0.2) is 12.1 Å². The molecule has 2 rings (SSSR count). The van der Waals surface area contributed by atoms with Crippen LogP contribution in [0.25, 0.3) is 0 Å². The molecule has 4 nitrogen and oxygen atoms in total. The summed E-state index contributed by atoms with van der Waals surface area (Å²) >= 11 is 5.64. The molecule has 1 fully saturated rings. The first-order chi connectivity index (χ1) is 6.75. The topological polar surface area (TPSA) is 49.2 Å². The molecule has 0 bridgehead atoms. The number of β-amino-alcohol motifs (C(OH)–C–C–N with tert-alkyl or cyclic N) is 1. The third-order valence-corrected chi connectivity index (χ3v) is 2.54. The molecule has 1 N–H and O–H groups in total. The van der Waals surface area contributed by atoms with Gasteiger partial charge in [-0.15, -0.1) is 10.2 Å². The summed E-state index contributed by atoms with van der Waals surface area (Å²) in [6.45, 7) is 1.56. The van der Waals surface area contributed by atoms with Gasteiger partial charge in [0.2, 0.25) is 0 Å². The third kappa shape index (κ3) is 2.13. The van der Waals surface area contributed by atoms with Gasteiger partial charge in [0, 0.05) is 13.1 Å². The number of hydrogen-bond acceptors (Lipinski definition) is 4. The minimum Gasteiger partial charge on any atom is -0.391 e. The Hall–Kier alpha value is -0.870. The van der Waals surface area contributed by atoms with Gasteiger partial charge in [0.25, 0.3) is 0 Å². The second kappa shape index (κ2) is 4.11. The zero-order valence-corrected chi connectivity index (χ0v) is 8.48.